The van der Waals surface area contributed by atoms with E-state index in [1.807, 2.05) is 13.0 Å². The Morgan fingerprint density at radius 1 is 1.16 bits per heavy atom. The first-order chi connectivity index (χ1) is 15.2. The van der Waals surface area contributed by atoms with Gasteiger partial charge >= 0.3 is 0 Å². The summed E-state index contributed by atoms with van der Waals surface area (Å²) in [4.78, 5) is 25.8. The minimum absolute atomic E-state index is 0.0120. The van der Waals surface area contributed by atoms with Crippen LogP contribution in [0.3, 0.4) is 0 Å². The van der Waals surface area contributed by atoms with E-state index in [9.17, 15) is 9.59 Å². The number of nitrogens with one attached hydrogen (secondary N) is 1. The zero-order chi connectivity index (χ0) is 23.3. The molecule has 2 heterocycles. The third-order valence-electron chi connectivity index (χ3n) is 5.20. The van der Waals surface area contributed by atoms with Crippen molar-refractivity contribution in [2.24, 2.45) is 5.92 Å². The molecule has 2 aliphatic rings. The van der Waals surface area contributed by atoms with E-state index >= 15 is 0 Å². The first kappa shape index (κ1) is 24.0. The number of methoxy groups -OCH3 is 2. The van der Waals surface area contributed by atoms with Crippen LogP contribution < -0.4 is 14.8 Å². The lowest BCUT2D eigenvalue weighted by molar-refractivity contribution is -0.152. The lowest BCUT2D eigenvalue weighted by atomic mass is 10.00. The predicted molar refractivity (Wildman–Crippen MR) is 119 cm³/mol. The highest BCUT2D eigenvalue weighted by atomic mass is 16.8. The maximum absolute atomic E-state index is 13.1. The fourth-order valence-corrected chi connectivity index (χ4v) is 3.68. The normalized spacial score (nSPS) is 27.5. The lowest BCUT2D eigenvalue weighted by Gasteiger charge is -2.17. The van der Waals surface area contributed by atoms with E-state index in [-0.39, 0.29) is 24.4 Å². The first-order valence-electron chi connectivity index (χ1n) is 10.6. The first-order valence-corrected chi connectivity index (χ1v) is 10.6. The predicted octanol–water partition coefficient (Wildman–Crippen LogP) is 3.11. The summed E-state index contributed by atoms with van der Waals surface area (Å²) in [7, 11) is 3.06. The van der Waals surface area contributed by atoms with Gasteiger partial charge in [0.05, 0.1) is 18.8 Å². The van der Waals surface area contributed by atoms with E-state index in [0.29, 0.717) is 35.6 Å². The second-order valence-electron chi connectivity index (χ2n) is 8.32. The molecule has 1 unspecified atom stereocenters. The molecule has 1 aromatic rings. The van der Waals surface area contributed by atoms with Crippen molar-refractivity contribution in [1.29, 1.82) is 0 Å². The van der Waals surface area contributed by atoms with Crippen LogP contribution in [0.5, 0.6) is 11.5 Å². The number of rotatable bonds is 4. The van der Waals surface area contributed by atoms with Crippen molar-refractivity contribution in [1.82, 2.24) is 5.32 Å². The van der Waals surface area contributed by atoms with E-state index in [1.54, 1.807) is 45.2 Å². The van der Waals surface area contributed by atoms with E-state index in [1.165, 1.54) is 13.2 Å². The topological polar surface area (TPSA) is 92.3 Å². The number of hydrogen-bond acceptors (Lipinski definition) is 7. The number of ketones is 1. The number of ether oxygens (including phenoxy) is 5. The van der Waals surface area contributed by atoms with Gasteiger partial charge in [-0.1, -0.05) is 25.2 Å². The number of hydrogen-bond donors (Lipinski definition) is 1. The number of fused-ring (bicyclic) bond motifs is 2. The Kier molecular flexibility index (Phi) is 7.71. The Balaban J connectivity index is 2.03. The van der Waals surface area contributed by atoms with Crippen LogP contribution in [0.15, 0.2) is 30.4 Å². The maximum atomic E-state index is 13.1. The highest BCUT2D eigenvalue weighted by Crippen LogP contribution is 2.33. The summed E-state index contributed by atoms with van der Waals surface area (Å²) in [6.45, 7) is 5.83. The van der Waals surface area contributed by atoms with Crippen LogP contribution in [0.25, 0.3) is 6.08 Å². The minimum Gasteiger partial charge on any atom is -0.497 e. The summed E-state index contributed by atoms with van der Waals surface area (Å²) in [6.07, 6.45) is 6.24. The molecule has 1 amide bonds. The molecule has 8 heteroatoms. The molecule has 32 heavy (non-hydrogen) atoms. The molecule has 1 aromatic carbocycles. The van der Waals surface area contributed by atoms with Crippen LogP contribution in [0.1, 0.15) is 43.1 Å². The number of benzene rings is 1. The van der Waals surface area contributed by atoms with Crippen LogP contribution in [-0.2, 0) is 19.0 Å². The third kappa shape index (κ3) is 5.76. The van der Waals surface area contributed by atoms with Crippen molar-refractivity contribution in [3.8, 4) is 11.5 Å². The van der Waals surface area contributed by atoms with Gasteiger partial charge in [0.25, 0.3) is 5.91 Å². The molecule has 3 rings (SSSR count). The molecule has 0 saturated carbocycles. The van der Waals surface area contributed by atoms with Gasteiger partial charge in [-0.15, -0.1) is 0 Å². The average Bonchev–Trinajstić information content (AvgIpc) is 3.07. The molecule has 174 valence electrons. The SMILES string of the molecule is COCOc1cc(OC)cc2c1C(=O)NC[C@H](C)/C=C\C(=O)C1OC(C)(C)O[C@H]1C/C=C/2. The van der Waals surface area contributed by atoms with Gasteiger partial charge in [-0.25, -0.2) is 0 Å². The third-order valence-corrected chi connectivity index (χ3v) is 5.20. The molecule has 0 aromatic heterocycles. The standard InChI is InChI=1S/C24H31NO7/c1-15-9-10-18(26)22-19(31-24(2,3)32-22)8-6-7-16-11-17(29-5)12-20(30-14-28-4)21(16)23(27)25-13-15/h6-7,9-12,15,19,22H,8,13-14H2,1-5H3,(H,25,27)/b7-6+,10-9-/t15-,19+,22?/m1/s1. The molecule has 1 N–H and O–H groups in total. The Morgan fingerprint density at radius 2 is 1.94 bits per heavy atom. The quantitative estimate of drug-likeness (QED) is 0.712. The lowest BCUT2D eigenvalue weighted by Crippen LogP contribution is -2.31. The monoisotopic (exact) mass is 445 g/mol. The molecule has 0 spiro atoms. The summed E-state index contributed by atoms with van der Waals surface area (Å²) < 4.78 is 27.9. The van der Waals surface area contributed by atoms with Crippen LogP contribution in [0.4, 0.5) is 0 Å². The summed E-state index contributed by atoms with van der Waals surface area (Å²) in [6, 6.07) is 3.42. The van der Waals surface area contributed by atoms with E-state index < -0.39 is 18.0 Å². The van der Waals surface area contributed by atoms with Gasteiger partial charge in [-0.2, -0.15) is 0 Å². The summed E-state index contributed by atoms with van der Waals surface area (Å²) in [5.74, 6) is -0.470. The van der Waals surface area contributed by atoms with Crippen molar-refractivity contribution in [2.45, 2.75) is 45.2 Å². The van der Waals surface area contributed by atoms with Crippen molar-refractivity contribution in [2.75, 3.05) is 27.6 Å². The number of carbonyl (C=O) groups excluding carboxylic acids is 2. The second-order valence-corrected chi connectivity index (χ2v) is 8.32. The Bertz CT molecular complexity index is 906. The average molecular weight is 446 g/mol. The smallest absolute Gasteiger partial charge is 0.255 e. The number of carbonyl (C=O) groups is 2. The summed E-state index contributed by atoms with van der Waals surface area (Å²) >= 11 is 0. The Morgan fingerprint density at radius 3 is 2.66 bits per heavy atom. The van der Waals surface area contributed by atoms with E-state index in [2.05, 4.69) is 5.32 Å². The molecule has 0 radical (unpaired) electrons. The van der Waals surface area contributed by atoms with Gasteiger partial charge in [0, 0.05) is 19.7 Å². The van der Waals surface area contributed by atoms with Crippen LogP contribution >= 0.6 is 0 Å². The second kappa shape index (κ2) is 10.3. The highest BCUT2D eigenvalue weighted by molar-refractivity contribution is 6.01. The van der Waals surface area contributed by atoms with Crippen molar-refractivity contribution in [3.63, 3.8) is 0 Å². The van der Waals surface area contributed by atoms with Gasteiger partial charge in [0.1, 0.15) is 17.6 Å². The van der Waals surface area contributed by atoms with Crippen LogP contribution in [-0.4, -0.2) is 57.2 Å². The largest absolute Gasteiger partial charge is 0.497 e. The van der Waals surface area contributed by atoms with E-state index in [4.69, 9.17) is 23.7 Å². The molecule has 0 aliphatic carbocycles. The minimum atomic E-state index is -0.855. The van der Waals surface area contributed by atoms with Crippen molar-refractivity contribution in [3.05, 3.63) is 41.5 Å². The molecule has 3 atom stereocenters. The van der Waals surface area contributed by atoms with Gasteiger partial charge < -0.3 is 29.0 Å². The van der Waals surface area contributed by atoms with Gasteiger partial charge in [0.2, 0.25) is 0 Å². The van der Waals surface area contributed by atoms with Crippen molar-refractivity contribution >= 4 is 17.8 Å². The molecule has 1 fully saturated rings. The van der Waals surface area contributed by atoms with E-state index in [0.717, 1.165) is 0 Å². The maximum Gasteiger partial charge on any atom is 0.255 e. The zero-order valence-corrected chi connectivity index (χ0v) is 19.2. The molecule has 1 saturated heterocycles. The summed E-state index contributed by atoms with van der Waals surface area (Å²) in [5.41, 5.74) is 0.998. The number of amides is 1. The molecule has 8 nitrogen and oxygen atoms in total. The van der Waals surface area contributed by atoms with Gasteiger partial charge in [-0.3, -0.25) is 9.59 Å². The zero-order valence-electron chi connectivity index (χ0n) is 19.2. The van der Waals surface area contributed by atoms with Gasteiger partial charge in [-0.05, 0) is 43.9 Å². The fourth-order valence-electron chi connectivity index (χ4n) is 3.68. The molecular formula is C24H31NO7. The molecule has 2 aliphatic heterocycles. The fraction of sp³-hybridized carbons (Fsp3) is 0.500. The molecular weight excluding hydrogens is 414 g/mol. The van der Waals surface area contributed by atoms with Gasteiger partial charge in [0.15, 0.2) is 18.4 Å². The van der Waals surface area contributed by atoms with Crippen molar-refractivity contribution < 1.29 is 33.3 Å². The Hall–Kier alpha value is -2.68. The molecule has 0 bridgehead atoms. The highest BCUT2D eigenvalue weighted by Gasteiger charge is 2.43. The summed E-state index contributed by atoms with van der Waals surface area (Å²) in [5, 5.41) is 2.92. The van der Waals surface area contributed by atoms with Crippen LogP contribution in [0, 0.1) is 5.92 Å². The Labute approximate surface area is 188 Å². The van der Waals surface area contributed by atoms with Crippen LogP contribution in [0.2, 0.25) is 0 Å².